The van der Waals surface area contributed by atoms with Gasteiger partial charge < -0.3 is 15.0 Å². The number of carbonyl (C=O) groups excluding carboxylic acids is 1. The molecule has 2 rings (SSSR count). The normalized spacial score (nSPS) is 12.9. The molecule has 0 bridgehead atoms. The van der Waals surface area contributed by atoms with Crippen molar-refractivity contribution in [1.82, 2.24) is 10.3 Å². The van der Waals surface area contributed by atoms with Crippen molar-refractivity contribution in [2.24, 2.45) is 0 Å². The molecule has 2 N–H and O–H groups in total. The quantitative estimate of drug-likeness (QED) is 0.806. The summed E-state index contributed by atoms with van der Waals surface area (Å²) in [6.07, 6.45) is 5.13. The largest absolute Gasteiger partial charge is 0.444 e. The van der Waals surface area contributed by atoms with Gasteiger partial charge in [-0.15, -0.1) is 6.58 Å². The molecule has 0 aliphatic heterocycles. The van der Waals surface area contributed by atoms with E-state index in [-0.39, 0.29) is 12.1 Å². The lowest BCUT2D eigenvalue weighted by Crippen LogP contribution is -2.38. The molecule has 0 radical (unpaired) electrons. The summed E-state index contributed by atoms with van der Waals surface area (Å²) < 4.78 is 5.30. The van der Waals surface area contributed by atoms with Crippen molar-refractivity contribution in [1.29, 1.82) is 0 Å². The average molecular weight is 314 g/mol. The van der Waals surface area contributed by atoms with Crippen LogP contribution in [0, 0.1) is 0 Å². The summed E-state index contributed by atoms with van der Waals surface area (Å²) in [6.45, 7) is 11.4. The molecule has 4 nitrogen and oxygen atoms in total. The lowest BCUT2D eigenvalue weighted by molar-refractivity contribution is 0.0508. The van der Waals surface area contributed by atoms with Crippen molar-refractivity contribution in [2.45, 2.75) is 52.2 Å². The Morgan fingerprint density at radius 2 is 2.13 bits per heavy atom. The molecule has 0 spiro atoms. The van der Waals surface area contributed by atoms with E-state index in [2.05, 4.69) is 35.1 Å². The fourth-order valence-corrected chi connectivity index (χ4v) is 2.66. The third-order valence-electron chi connectivity index (χ3n) is 3.54. The van der Waals surface area contributed by atoms with E-state index in [1.54, 1.807) is 0 Å². The second kappa shape index (κ2) is 6.90. The number of allylic oxidation sites excluding steroid dienone is 1. The molecule has 23 heavy (non-hydrogen) atoms. The Kier molecular flexibility index (Phi) is 5.14. The van der Waals surface area contributed by atoms with E-state index in [0.29, 0.717) is 0 Å². The molecule has 1 heterocycles. The molecule has 4 heteroatoms. The number of hydrogen-bond donors (Lipinski definition) is 2. The zero-order chi connectivity index (χ0) is 17.0. The summed E-state index contributed by atoms with van der Waals surface area (Å²) in [6, 6.07) is 6.26. The van der Waals surface area contributed by atoms with Gasteiger partial charge in [0.25, 0.3) is 0 Å². The first kappa shape index (κ1) is 17.1. The van der Waals surface area contributed by atoms with Crippen molar-refractivity contribution in [2.75, 3.05) is 0 Å². The number of carbonyl (C=O) groups is 1. The summed E-state index contributed by atoms with van der Waals surface area (Å²) in [5, 5.41) is 4.08. The van der Waals surface area contributed by atoms with Crippen LogP contribution in [0.5, 0.6) is 0 Å². The Hall–Kier alpha value is -2.23. The number of para-hydroxylation sites is 1. The number of nitrogens with one attached hydrogen (secondary N) is 2. The summed E-state index contributed by atoms with van der Waals surface area (Å²) in [4.78, 5) is 15.2. The van der Waals surface area contributed by atoms with Gasteiger partial charge in [0.1, 0.15) is 5.60 Å². The summed E-state index contributed by atoms with van der Waals surface area (Å²) >= 11 is 0. The highest BCUT2D eigenvalue weighted by atomic mass is 16.6. The summed E-state index contributed by atoms with van der Waals surface area (Å²) in [5.41, 5.74) is 3.09. The maximum absolute atomic E-state index is 11.8. The van der Waals surface area contributed by atoms with E-state index < -0.39 is 5.60 Å². The topological polar surface area (TPSA) is 54.1 Å². The number of alkyl carbamates (subject to hydrolysis) is 1. The van der Waals surface area contributed by atoms with E-state index in [0.717, 1.165) is 18.4 Å². The molecule has 1 amide bonds. The highest BCUT2D eigenvalue weighted by Gasteiger charge is 2.18. The van der Waals surface area contributed by atoms with Gasteiger partial charge in [-0.25, -0.2) is 4.79 Å². The van der Waals surface area contributed by atoms with E-state index in [1.165, 1.54) is 16.5 Å². The fraction of sp³-hybridized carbons (Fsp3) is 0.421. The molecule has 1 atom stereocenters. The predicted molar refractivity (Wildman–Crippen MR) is 94.7 cm³/mol. The molecule has 0 unspecified atom stereocenters. The van der Waals surface area contributed by atoms with Crippen molar-refractivity contribution in [3.63, 3.8) is 0 Å². The van der Waals surface area contributed by atoms with Crippen molar-refractivity contribution >= 4 is 17.0 Å². The summed E-state index contributed by atoms with van der Waals surface area (Å²) in [7, 11) is 0. The molecule has 0 saturated carbocycles. The Balaban J connectivity index is 2.08. The van der Waals surface area contributed by atoms with E-state index in [1.807, 2.05) is 40.0 Å². The van der Waals surface area contributed by atoms with Crippen LogP contribution in [0.25, 0.3) is 10.9 Å². The molecule has 0 aliphatic carbocycles. The zero-order valence-electron chi connectivity index (χ0n) is 14.4. The minimum absolute atomic E-state index is 0.00749. The third kappa shape index (κ3) is 4.62. The second-order valence-electron chi connectivity index (χ2n) is 6.90. The number of amides is 1. The van der Waals surface area contributed by atoms with Crippen LogP contribution in [0.4, 0.5) is 4.79 Å². The first-order valence-corrected chi connectivity index (χ1v) is 7.98. The van der Waals surface area contributed by atoms with Crippen LogP contribution in [0.3, 0.4) is 0 Å². The third-order valence-corrected chi connectivity index (χ3v) is 3.54. The lowest BCUT2D eigenvalue weighted by atomic mass is 10.0. The van der Waals surface area contributed by atoms with Gasteiger partial charge in [0.15, 0.2) is 0 Å². The van der Waals surface area contributed by atoms with Gasteiger partial charge in [0.2, 0.25) is 0 Å². The van der Waals surface area contributed by atoms with E-state index in [4.69, 9.17) is 4.74 Å². The number of benzene rings is 1. The van der Waals surface area contributed by atoms with Gasteiger partial charge in [0.05, 0.1) is 0 Å². The minimum Gasteiger partial charge on any atom is -0.444 e. The van der Waals surface area contributed by atoms with Crippen LogP contribution < -0.4 is 5.32 Å². The van der Waals surface area contributed by atoms with Crippen molar-refractivity contribution < 1.29 is 9.53 Å². The Bertz CT molecular complexity index is 695. The van der Waals surface area contributed by atoms with Crippen LogP contribution in [0.2, 0.25) is 0 Å². The van der Waals surface area contributed by atoms with Crippen LogP contribution in [0.15, 0.2) is 37.1 Å². The molecule has 0 fully saturated rings. The van der Waals surface area contributed by atoms with Crippen molar-refractivity contribution in [3.05, 3.63) is 48.2 Å². The number of hydrogen-bond acceptors (Lipinski definition) is 2. The molecule has 124 valence electrons. The molecular weight excluding hydrogens is 288 g/mol. The maximum Gasteiger partial charge on any atom is 0.407 e. The molecule has 0 aliphatic rings. The average Bonchev–Trinajstić information content (AvgIpc) is 2.81. The SMILES string of the molecule is C=CCc1cccc2c(C[C@@H](C)NC(=O)OC(C)(C)C)c[nH]c12. The fourth-order valence-electron chi connectivity index (χ4n) is 2.66. The number of rotatable bonds is 5. The molecule has 1 aromatic carbocycles. The maximum atomic E-state index is 11.8. The van der Waals surface area contributed by atoms with Gasteiger partial charge >= 0.3 is 6.09 Å². The highest BCUT2D eigenvalue weighted by Crippen LogP contribution is 2.23. The van der Waals surface area contributed by atoms with Gasteiger partial charge in [-0.2, -0.15) is 0 Å². The number of aromatic amines is 1. The number of ether oxygens (including phenoxy) is 1. The zero-order valence-corrected chi connectivity index (χ0v) is 14.4. The molecule has 0 saturated heterocycles. The monoisotopic (exact) mass is 314 g/mol. The number of H-pyrrole nitrogens is 1. The van der Waals surface area contributed by atoms with Crippen LogP contribution in [0.1, 0.15) is 38.8 Å². The van der Waals surface area contributed by atoms with Crippen LogP contribution >= 0.6 is 0 Å². The van der Waals surface area contributed by atoms with E-state index in [9.17, 15) is 4.79 Å². The first-order valence-electron chi connectivity index (χ1n) is 7.98. The van der Waals surface area contributed by atoms with Gasteiger partial charge in [-0.1, -0.05) is 24.3 Å². The Morgan fingerprint density at radius 1 is 1.39 bits per heavy atom. The molecular formula is C19H26N2O2. The Labute approximate surface area is 137 Å². The van der Waals surface area contributed by atoms with Gasteiger partial charge in [0, 0.05) is 23.1 Å². The highest BCUT2D eigenvalue weighted by molar-refractivity contribution is 5.86. The first-order chi connectivity index (χ1) is 10.8. The Morgan fingerprint density at radius 3 is 2.78 bits per heavy atom. The van der Waals surface area contributed by atoms with Gasteiger partial charge in [-0.05, 0) is 51.7 Å². The van der Waals surface area contributed by atoms with Crippen LogP contribution in [-0.4, -0.2) is 22.7 Å². The number of fused-ring (bicyclic) bond motifs is 1. The smallest absolute Gasteiger partial charge is 0.407 e. The minimum atomic E-state index is -0.482. The standard InChI is InChI=1S/C19H26N2O2/c1-6-8-14-9-7-10-16-15(12-20-17(14)16)11-13(2)21-18(22)23-19(3,4)5/h6-7,9-10,12-13,20H,1,8,11H2,2-5H3,(H,21,22)/t13-/m1/s1. The van der Waals surface area contributed by atoms with Crippen molar-refractivity contribution in [3.8, 4) is 0 Å². The lowest BCUT2D eigenvalue weighted by Gasteiger charge is -2.21. The van der Waals surface area contributed by atoms with Crippen LogP contribution in [-0.2, 0) is 17.6 Å². The molecule has 2 aromatic rings. The summed E-state index contributed by atoms with van der Waals surface area (Å²) in [5.74, 6) is 0. The second-order valence-corrected chi connectivity index (χ2v) is 6.90. The predicted octanol–water partition coefficient (Wildman–Crippen LogP) is 4.35. The van der Waals surface area contributed by atoms with E-state index >= 15 is 0 Å². The van der Waals surface area contributed by atoms with Gasteiger partial charge in [-0.3, -0.25) is 0 Å². The molecule has 1 aromatic heterocycles. The number of aromatic nitrogens is 1.